The van der Waals surface area contributed by atoms with Crippen molar-refractivity contribution in [2.24, 2.45) is 5.73 Å². The summed E-state index contributed by atoms with van der Waals surface area (Å²) in [6.45, 7) is 1.80. The van der Waals surface area contributed by atoms with Crippen molar-refractivity contribution in [3.63, 3.8) is 0 Å². The zero-order valence-electron chi connectivity index (χ0n) is 10.3. The van der Waals surface area contributed by atoms with Gasteiger partial charge in [0.1, 0.15) is 0 Å². The summed E-state index contributed by atoms with van der Waals surface area (Å²) in [6.07, 6.45) is 0. The number of hydrogen-bond donors (Lipinski definition) is 2. The summed E-state index contributed by atoms with van der Waals surface area (Å²) in [7, 11) is 0. The quantitative estimate of drug-likeness (QED) is 0.832. The van der Waals surface area contributed by atoms with Crippen LogP contribution in [0.5, 0.6) is 11.5 Å². The van der Waals surface area contributed by atoms with E-state index in [4.69, 9.17) is 16.2 Å². The number of rotatable bonds is 3. The summed E-state index contributed by atoms with van der Waals surface area (Å²) in [5.41, 5.74) is 12.1. The van der Waals surface area contributed by atoms with Crippen LogP contribution < -0.4 is 16.2 Å². The zero-order chi connectivity index (χ0) is 14.0. The summed E-state index contributed by atoms with van der Waals surface area (Å²) in [5, 5.41) is 0. The molecule has 2 aromatic carbocycles. The third-order valence-electron chi connectivity index (χ3n) is 2.61. The normalized spacial score (nSPS) is 10.2. The number of benzene rings is 2. The highest BCUT2D eigenvalue weighted by Gasteiger charge is 2.15. The van der Waals surface area contributed by atoms with Gasteiger partial charge < -0.3 is 16.2 Å². The van der Waals surface area contributed by atoms with Crippen LogP contribution in [-0.4, -0.2) is 5.91 Å². The molecule has 0 heterocycles. The Morgan fingerprint density at radius 3 is 2.68 bits per heavy atom. The predicted molar refractivity (Wildman–Crippen MR) is 70.6 cm³/mol. The summed E-state index contributed by atoms with van der Waals surface area (Å²) < 4.78 is 19.1. The van der Waals surface area contributed by atoms with Crippen molar-refractivity contribution in [3.05, 3.63) is 53.3 Å². The topological polar surface area (TPSA) is 78.3 Å². The molecule has 0 bridgehead atoms. The van der Waals surface area contributed by atoms with Gasteiger partial charge >= 0.3 is 0 Å². The Morgan fingerprint density at radius 2 is 2.00 bits per heavy atom. The van der Waals surface area contributed by atoms with Gasteiger partial charge in [0, 0.05) is 0 Å². The van der Waals surface area contributed by atoms with Crippen LogP contribution in [0.3, 0.4) is 0 Å². The van der Waals surface area contributed by atoms with Crippen LogP contribution in [0.2, 0.25) is 0 Å². The zero-order valence-corrected chi connectivity index (χ0v) is 10.3. The summed E-state index contributed by atoms with van der Waals surface area (Å²) in [4.78, 5) is 11.3. The Labute approximate surface area is 109 Å². The number of amides is 1. The van der Waals surface area contributed by atoms with Crippen LogP contribution in [0.1, 0.15) is 15.9 Å². The lowest BCUT2D eigenvalue weighted by Gasteiger charge is -2.12. The fourth-order valence-electron chi connectivity index (χ4n) is 1.66. The fourth-order valence-corrected chi connectivity index (χ4v) is 1.66. The number of hydrogen-bond acceptors (Lipinski definition) is 3. The SMILES string of the molecule is Cc1ccc(F)c(Oc2c(N)cccc2C(N)=O)c1. The van der Waals surface area contributed by atoms with Crippen molar-refractivity contribution in [3.8, 4) is 11.5 Å². The number of nitrogens with two attached hydrogens (primary N) is 2. The van der Waals surface area contributed by atoms with Gasteiger partial charge in [-0.05, 0) is 36.8 Å². The molecule has 0 unspecified atom stereocenters. The van der Waals surface area contributed by atoms with Gasteiger partial charge in [0.05, 0.1) is 11.3 Å². The van der Waals surface area contributed by atoms with Crippen molar-refractivity contribution < 1.29 is 13.9 Å². The maximum absolute atomic E-state index is 13.6. The first-order valence-electron chi connectivity index (χ1n) is 5.61. The monoisotopic (exact) mass is 260 g/mol. The van der Waals surface area contributed by atoms with E-state index in [1.807, 2.05) is 0 Å². The summed E-state index contributed by atoms with van der Waals surface area (Å²) in [5.74, 6) is -1.15. The van der Waals surface area contributed by atoms with Gasteiger partial charge in [-0.3, -0.25) is 4.79 Å². The van der Waals surface area contributed by atoms with Crippen LogP contribution in [0.15, 0.2) is 36.4 Å². The van der Waals surface area contributed by atoms with Crippen LogP contribution in [0, 0.1) is 12.7 Å². The summed E-state index contributed by atoms with van der Waals surface area (Å²) >= 11 is 0. The highest BCUT2D eigenvalue weighted by molar-refractivity contribution is 5.97. The molecule has 5 heteroatoms. The van der Waals surface area contributed by atoms with Crippen molar-refractivity contribution in [1.29, 1.82) is 0 Å². The predicted octanol–water partition coefficient (Wildman–Crippen LogP) is 2.61. The Morgan fingerprint density at radius 1 is 1.26 bits per heavy atom. The van der Waals surface area contributed by atoms with E-state index in [-0.39, 0.29) is 22.7 Å². The average molecular weight is 260 g/mol. The molecule has 19 heavy (non-hydrogen) atoms. The van der Waals surface area contributed by atoms with Crippen molar-refractivity contribution in [2.75, 3.05) is 5.73 Å². The molecule has 0 aliphatic heterocycles. The molecule has 0 radical (unpaired) electrons. The molecule has 0 spiro atoms. The van der Waals surface area contributed by atoms with Crippen LogP contribution >= 0.6 is 0 Å². The number of ether oxygens (including phenoxy) is 1. The average Bonchev–Trinajstić information content (AvgIpc) is 2.35. The fraction of sp³-hybridized carbons (Fsp3) is 0.0714. The number of nitrogen functional groups attached to an aromatic ring is 1. The van der Waals surface area contributed by atoms with Crippen LogP contribution in [0.4, 0.5) is 10.1 Å². The van der Waals surface area contributed by atoms with E-state index in [2.05, 4.69) is 0 Å². The number of primary amides is 1. The number of aryl methyl sites for hydroxylation is 1. The molecule has 0 atom stereocenters. The van der Waals surface area contributed by atoms with E-state index in [1.165, 1.54) is 18.2 Å². The van der Waals surface area contributed by atoms with Gasteiger partial charge in [0.15, 0.2) is 17.3 Å². The maximum atomic E-state index is 13.6. The van der Waals surface area contributed by atoms with Crippen molar-refractivity contribution in [1.82, 2.24) is 0 Å². The van der Waals surface area contributed by atoms with Gasteiger partial charge in [-0.15, -0.1) is 0 Å². The Balaban J connectivity index is 2.49. The molecule has 2 rings (SSSR count). The molecular weight excluding hydrogens is 247 g/mol. The Kier molecular flexibility index (Phi) is 3.37. The Bertz CT molecular complexity index is 641. The first-order valence-corrected chi connectivity index (χ1v) is 5.61. The molecule has 0 saturated carbocycles. The second kappa shape index (κ2) is 4.97. The number of carbonyl (C=O) groups is 1. The standard InChI is InChI=1S/C14H13FN2O2/c1-8-5-6-10(15)12(7-8)19-13-9(14(17)18)3-2-4-11(13)16/h2-7H,16H2,1H3,(H2,17,18). The lowest BCUT2D eigenvalue weighted by atomic mass is 10.1. The van der Waals surface area contributed by atoms with E-state index in [9.17, 15) is 9.18 Å². The smallest absolute Gasteiger partial charge is 0.252 e. The van der Waals surface area contributed by atoms with Gasteiger partial charge in [0.25, 0.3) is 5.91 Å². The van der Waals surface area contributed by atoms with Gasteiger partial charge in [-0.2, -0.15) is 0 Å². The van der Waals surface area contributed by atoms with E-state index < -0.39 is 11.7 Å². The van der Waals surface area contributed by atoms with Crippen LogP contribution in [0.25, 0.3) is 0 Å². The van der Waals surface area contributed by atoms with E-state index in [0.717, 1.165) is 5.56 Å². The van der Waals surface area contributed by atoms with Gasteiger partial charge in [-0.25, -0.2) is 4.39 Å². The molecule has 98 valence electrons. The number of para-hydroxylation sites is 1. The van der Waals surface area contributed by atoms with E-state index in [1.54, 1.807) is 25.1 Å². The van der Waals surface area contributed by atoms with E-state index >= 15 is 0 Å². The first kappa shape index (κ1) is 12.9. The molecule has 4 N–H and O–H groups in total. The van der Waals surface area contributed by atoms with Crippen molar-refractivity contribution >= 4 is 11.6 Å². The minimum atomic E-state index is -0.685. The number of carbonyl (C=O) groups excluding carboxylic acids is 1. The Hall–Kier alpha value is -2.56. The lowest BCUT2D eigenvalue weighted by Crippen LogP contribution is -2.13. The third kappa shape index (κ3) is 2.65. The third-order valence-corrected chi connectivity index (χ3v) is 2.61. The number of halogens is 1. The second-order valence-electron chi connectivity index (χ2n) is 4.12. The molecule has 0 aliphatic carbocycles. The van der Waals surface area contributed by atoms with Crippen molar-refractivity contribution in [2.45, 2.75) is 6.92 Å². The second-order valence-corrected chi connectivity index (χ2v) is 4.12. The molecule has 4 nitrogen and oxygen atoms in total. The first-order chi connectivity index (χ1) is 8.99. The largest absolute Gasteiger partial charge is 0.451 e. The molecule has 0 saturated heterocycles. The summed E-state index contributed by atoms with van der Waals surface area (Å²) in [6, 6.07) is 9.03. The number of anilines is 1. The molecule has 0 aliphatic rings. The highest BCUT2D eigenvalue weighted by Crippen LogP contribution is 2.32. The van der Waals surface area contributed by atoms with E-state index in [0.29, 0.717) is 0 Å². The molecule has 1 amide bonds. The highest BCUT2D eigenvalue weighted by atomic mass is 19.1. The lowest BCUT2D eigenvalue weighted by molar-refractivity contribution is 0.0998. The van der Waals surface area contributed by atoms with Gasteiger partial charge in [-0.1, -0.05) is 12.1 Å². The minimum absolute atomic E-state index is 0.000370. The molecule has 0 fully saturated rings. The minimum Gasteiger partial charge on any atom is -0.451 e. The molecule has 2 aromatic rings. The molecular formula is C14H13FN2O2. The van der Waals surface area contributed by atoms with Crippen LogP contribution in [-0.2, 0) is 0 Å². The molecule has 0 aromatic heterocycles. The van der Waals surface area contributed by atoms with Gasteiger partial charge in [0.2, 0.25) is 0 Å². The maximum Gasteiger partial charge on any atom is 0.252 e.